The second-order valence-corrected chi connectivity index (χ2v) is 7.46. The fourth-order valence-electron chi connectivity index (χ4n) is 3.62. The maximum absolute atomic E-state index is 13.0. The number of rotatable bonds is 6. The molecule has 1 N–H and O–H groups in total. The molecule has 1 fully saturated rings. The van der Waals surface area contributed by atoms with Crippen LogP contribution in [0.25, 0.3) is 0 Å². The summed E-state index contributed by atoms with van der Waals surface area (Å²) in [7, 11) is 0. The van der Waals surface area contributed by atoms with Gasteiger partial charge in [-0.05, 0) is 29.8 Å². The summed E-state index contributed by atoms with van der Waals surface area (Å²) in [5.74, 6) is -0.106. The van der Waals surface area contributed by atoms with Crippen LogP contribution >= 0.6 is 0 Å². The molecule has 0 unspecified atom stereocenters. The lowest BCUT2D eigenvalue weighted by atomic mass is 10.1. The van der Waals surface area contributed by atoms with Crippen LogP contribution in [-0.4, -0.2) is 51.9 Å². The molecule has 10 nitrogen and oxygen atoms in total. The molecule has 1 aliphatic heterocycles. The monoisotopic (exact) mass is 476 g/mol. The predicted molar refractivity (Wildman–Crippen MR) is 114 cm³/mol. The lowest BCUT2D eigenvalue weighted by Gasteiger charge is -2.34. The zero-order valence-electron chi connectivity index (χ0n) is 17.7. The van der Waals surface area contributed by atoms with Gasteiger partial charge in [-0.15, -0.1) is 0 Å². The van der Waals surface area contributed by atoms with Crippen molar-refractivity contribution in [3.63, 3.8) is 0 Å². The Morgan fingerprint density at radius 3 is 2.56 bits per heavy atom. The molecule has 2 aromatic heterocycles. The normalized spacial score (nSPS) is 14.2. The Labute approximate surface area is 191 Å². The summed E-state index contributed by atoms with van der Waals surface area (Å²) in [6.45, 7) is 1.07. The molecule has 4 rings (SSSR count). The lowest BCUT2D eigenvalue weighted by Crippen LogP contribution is -2.49. The van der Waals surface area contributed by atoms with E-state index in [1.165, 1.54) is 18.4 Å². The Kier molecular flexibility index (Phi) is 6.34. The van der Waals surface area contributed by atoms with Gasteiger partial charge in [-0.1, -0.05) is 12.1 Å². The molecule has 1 aromatic carbocycles. The third-order valence-corrected chi connectivity index (χ3v) is 5.30. The Bertz CT molecular complexity index is 1180. The van der Waals surface area contributed by atoms with Crippen molar-refractivity contribution in [2.24, 2.45) is 0 Å². The van der Waals surface area contributed by atoms with Crippen molar-refractivity contribution in [3.05, 3.63) is 76.0 Å². The number of carbonyl (C=O) groups is 1. The Hall–Kier alpha value is -4.16. The molecule has 0 bridgehead atoms. The molecule has 3 aromatic rings. The van der Waals surface area contributed by atoms with Crippen molar-refractivity contribution in [3.8, 4) is 0 Å². The van der Waals surface area contributed by atoms with E-state index in [1.807, 2.05) is 0 Å². The van der Waals surface area contributed by atoms with Crippen LogP contribution in [0, 0.1) is 10.1 Å². The number of aromatic nitrogens is 2. The SMILES string of the molecule is O=C(c1ccco1)N1CCN(c2ncnc(NCc3cccc(C(F)(F)F)c3)c2[N+](=O)[O-])CC1. The van der Waals surface area contributed by atoms with Crippen LogP contribution in [-0.2, 0) is 12.7 Å². The van der Waals surface area contributed by atoms with Gasteiger partial charge < -0.3 is 19.5 Å². The van der Waals surface area contributed by atoms with Crippen molar-refractivity contribution >= 4 is 23.2 Å². The number of piperazine rings is 1. The molecule has 1 aliphatic rings. The molecular weight excluding hydrogens is 457 g/mol. The first kappa shape index (κ1) is 23.0. The van der Waals surface area contributed by atoms with Crippen LogP contribution in [0.3, 0.4) is 0 Å². The highest BCUT2D eigenvalue weighted by Crippen LogP contribution is 2.33. The second-order valence-electron chi connectivity index (χ2n) is 7.46. The van der Waals surface area contributed by atoms with Gasteiger partial charge in [-0.3, -0.25) is 14.9 Å². The third kappa shape index (κ3) is 4.92. The van der Waals surface area contributed by atoms with Gasteiger partial charge in [0.1, 0.15) is 6.33 Å². The van der Waals surface area contributed by atoms with Crippen LogP contribution in [0.15, 0.2) is 53.4 Å². The quantitative estimate of drug-likeness (QED) is 0.424. The van der Waals surface area contributed by atoms with E-state index < -0.39 is 16.7 Å². The molecule has 13 heteroatoms. The predicted octanol–water partition coefficient (Wildman–Crippen LogP) is 3.57. The van der Waals surface area contributed by atoms with Gasteiger partial charge in [-0.2, -0.15) is 13.2 Å². The van der Waals surface area contributed by atoms with Crippen LogP contribution < -0.4 is 10.2 Å². The number of anilines is 2. The molecule has 0 aliphatic carbocycles. The van der Waals surface area contributed by atoms with E-state index in [0.29, 0.717) is 13.1 Å². The minimum Gasteiger partial charge on any atom is -0.459 e. The summed E-state index contributed by atoms with van der Waals surface area (Å²) in [6, 6.07) is 7.84. The molecule has 0 atom stereocenters. The van der Waals surface area contributed by atoms with Gasteiger partial charge in [0.2, 0.25) is 11.6 Å². The molecule has 0 saturated carbocycles. The van der Waals surface area contributed by atoms with Gasteiger partial charge in [0.15, 0.2) is 5.76 Å². The first-order valence-electron chi connectivity index (χ1n) is 10.2. The van der Waals surface area contributed by atoms with Gasteiger partial charge in [0.05, 0.1) is 16.7 Å². The standard InChI is InChI=1S/C21H19F3N6O4/c22-21(23,24)15-4-1-3-14(11-15)12-25-18-17(30(32)33)19(27-13-26-18)28-6-8-29(9-7-28)20(31)16-5-2-10-34-16/h1-5,10-11,13H,6-9,12H2,(H,25,26,27). The summed E-state index contributed by atoms with van der Waals surface area (Å²) < 4.78 is 44.0. The van der Waals surface area contributed by atoms with E-state index in [2.05, 4.69) is 15.3 Å². The van der Waals surface area contributed by atoms with Crippen molar-refractivity contribution in [1.29, 1.82) is 0 Å². The third-order valence-electron chi connectivity index (χ3n) is 5.30. The minimum atomic E-state index is -4.50. The Morgan fingerprint density at radius 1 is 1.15 bits per heavy atom. The summed E-state index contributed by atoms with van der Waals surface area (Å²) >= 11 is 0. The zero-order chi connectivity index (χ0) is 24.3. The smallest absolute Gasteiger partial charge is 0.416 e. The van der Waals surface area contributed by atoms with Crippen LogP contribution in [0.2, 0.25) is 0 Å². The second kappa shape index (κ2) is 9.37. The molecular formula is C21H19F3N6O4. The Morgan fingerprint density at radius 2 is 1.91 bits per heavy atom. The fraction of sp³-hybridized carbons (Fsp3) is 0.286. The van der Waals surface area contributed by atoms with E-state index in [9.17, 15) is 28.1 Å². The minimum absolute atomic E-state index is 0.0663. The van der Waals surface area contributed by atoms with E-state index >= 15 is 0 Å². The fourth-order valence-corrected chi connectivity index (χ4v) is 3.62. The van der Waals surface area contributed by atoms with Crippen molar-refractivity contribution in [2.75, 3.05) is 36.4 Å². The number of carbonyl (C=O) groups excluding carboxylic acids is 1. The van der Waals surface area contributed by atoms with E-state index in [-0.39, 0.29) is 54.2 Å². The first-order chi connectivity index (χ1) is 16.2. The number of alkyl halides is 3. The molecule has 0 spiro atoms. The maximum Gasteiger partial charge on any atom is 0.416 e. The maximum atomic E-state index is 13.0. The van der Waals surface area contributed by atoms with E-state index in [1.54, 1.807) is 21.9 Å². The number of nitrogens with one attached hydrogen (secondary N) is 1. The number of furan rings is 1. The average Bonchev–Trinajstić information content (AvgIpc) is 3.37. The van der Waals surface area contributed by atoms with E-state index in [0.717, 1.165) is 18.5 Å². The summed E-state index contributed by atoms with van der Waals surface area (Å²) in [4.78, 5) is 34.9. The van der Waals surface area contributed by atoms with Gasteiger partial charge in [0, 0.05) is 32.7 Å². The largest absolute Gasteiger partial charge is 0.459 e. The molecule has 0 radical (unpaired) electrons. The van der Waals surface area contributed by atoms with Gasteiger partial charge in [-0.25, -0.2) is 9.97 Å². The highest BCUT2D eigenvalue weighted by atomic mass is 19.4. The number of halogens is 3. The Balaban J connectivity index is 1.49. The summed E-state index contributed by atoms with van der Waals surface area (Å²) in [5, 5.41) is 14.6. The van der Waals surface area contributed by atoms with Crippen molar-refractivity contribution in [1.82, 2.24) is 14.9 Å². The first-order valence-corrected chi connectivity index (χ1v) is 10.2. The molecule has 1 saturated heterocycles. The number of nitro groups is 1. The van der Waals surface area contributed by atoms with Crippen molar-refractivity contribution < 1.29 is 27.3 Å². The highest BCUT2D eigenvalue weighted by molar-refractivity contribution is 5.91. The molecule has 178 valence electrons. The summed E-state index contributed by atoms with van der Waals surface area (Å²) in [6.07, 6.45) is -1.94. The number of hydrogen-bond donors (Lipinski definition) is 1. The molecule has 3 heterocycles. The van der Waals surface area contributed by atoms with Crippen molar-refractivity contribution in [2.45, 2.75) is 12.7 Å². The van der Waals surface area contributed by atoms with Crippen LogP contribution in [0.1, 0.15) is 21.7 Å². The van der Waals surface area contributed by atoms with Crippen LogP contribution in [0.4, 0.5) is 30.5 Å². The zero-order valence-corrected chi connectivity index (χ0v) is 17.7. The van der Waals surface area contributed by atoms with E-state index in [4.69, 9.17) is 4.42 Å². The average molecular weight is 476 g/mol. The number of amides is 1. The topological polar surface area (TPSA) is 118 Å². The highest BCUT2D eigenvalue weighted by Gasteiger charge is 2.32. The molecule has 34 heavy (non-hydrogen) atoms. The van der Waals surface area contributed by atoms with Gasteiger partial charge >= 0.3 is 11.9 Å². The summed E-state index contributed by atoms with van der Waals surface area (Å²) in [5.41, 5.74) is -0.915. The number of benzene rings is 1. The molecule has 1 amide bonds. The van der Waals surface area contributed by atoms with Gasteiger partial charge in [0.25, 0.3) is 5.91 Å². The number of hydrogen-bond acceptors (Lipinski definition) is 8. The van der Waals surface area contributed by atoms with Crippen LogP contribution in [0.5, 0.6) is 0 Å². The lowest BCUT2D eigenvalue weighted by molar-refractivity contribution is -0.383. The number of nitrogens with zero attached hydrogens (tertiary/aromatic N) is 5.